The quantitative estimate of drug-likeness (QED) is 0.0195. The SMILES string of the molecule is CC/C=C\C/C=C\C/C=C\C/C=C\C/C=C\C/C=C\CCCCCCCCCCCCC(=O)OC(COC(=O)CCCCCCCCCCCCCCCCCCCCCCCCCCCCCCCCCCCCC)COC(OCC[N+](C)(C)C)C(=O)[O-]. The number of carboxylic acids is 1. The molecule has 0 amide bonds. The first-order valence-electron chi connectivity index (χ1n) is 38.1. The zero-order valence-electron chi connectivity index (χ0n) is 59.3. The molecule has 518 valence electrons. The van der Waals surface area contributed by atoms with E-state index in [2.05, 4.69) is 86.8 Å². The van der Waals surface area contributed by atoms with Crippen molar-refractivity contribution >= 4 is 17.9 Å². The van der Waals surface area contributed by atoms with Crippen LogP contribution in [0.3, 0.4) is 0 Å². The molecule has 0 aliphatic rings. The second kappa shape index (κ2) is 70.6. The molecule has 2 atom stereocenters. The number of nitrogens with zero attached hydrogens (tertiary/aromatic N) is 1. The molecule has 9 nitrogen and oxygen atoms in total. The van der Waals surface area contributed by atoms with Crippen LogP contribution in [0.15, 0.2) is 72.9 Å². The number of carboxylic acid groups (broad SMARTS) is 1. The van der Waals surface area contributed by atoms with Crippen molar-refractivity contribution in [3.8, 4) is 0 Å². The Hall–Kier alpha value is -3.27. The topological polar surface area (TPSA) is 111 Å². The standard InChI is InChI=1S/C80H145NO8/c1-6-8-10-12-14-16-18-20-22-24-26-28-30-32-34-36-37-38-39-40-41-43-44-46-48-50-52-54-56-58-60-62-64-66-68-70-77(82)87-74-76(75-88-80(79(84)85)86-73-72-81(3,4)5)89-78(83)71-69-67-65-63-61-59-57-55-53-51-49-47-45-42-35-33-31-29-27-25-23-21-19-17-15-13-11-9-7-2/h9,11,15,17,21,23,27,29,33,35,45,47,76,80H,6-8,10,12-14,16,18-20,22,24-26,28,30-32,34,36-44,46,48-75H2,1-5H3/b11-9-,17-15-,23-21-,29-27-,35-33-,47-45-. The Morgan fingerprint density at radius 3 is 0.955 bits per heavy atom. The number of likely N-dealkylation sites (N-methyl/N-ethyl adjacent to an activating group) is 1. The van der Waals surface area contributed by atoms with Gasteiger partial charge < -0.3 is 33.3 Å². The second-order valence-corrected chi connectivity index (χ2v) is 26.9. The van der Waals surface area contributed by atoms with E-state index in [0.29, 0.717) is 23.9 Å². The molecule has 89 heavy (non-hydrogen) atoms. The summed E-state index contributed by atoms with van der Waals surface area (Å²) in [6.07, 6.45) is 91.6. The second-order valence-electron chi connectivity index (χ2n) is 26.9. The molecule has 0 bridgehead atoms. The lowest BCUT2D eigenvalue weighted by atomic mass is 10.0. The lowest BCUT2D eigenvalue weighted by molar-refractivity contribution is -0.870. The molecule has 2 unspecified atom stereocenters. The molecule has 0 saturated heterocycles. The zero-order valence-corrected chi connectivity index (χ0v) is 59.3. The van der Waals surface area contributed by atoms with Gasteiger partial charge in [0.05, 0.1) is 40.3 Å². The highest BCUT2D eigenvalue weighted by Crippen LogP contribution is 2.19. The van der Waals surface area contributed by atoms with Gasteiger partial charge in [0.2, 0.25) is 0 Å². The summed E-state index contributed by atoms with van der Waals surface area (Å²) in [7, 11) is 5.94. The Kier molecular flexibility index (Phi) is 68.0. The number of hydrogen-bond donors (Lipinski definition) is 0. The average Bonchev–Trinajstić information content (AvgIpc) is 3.71. The van der Waals surface area contributed by atoms with Crippen molar-refractivity contribution in [3.05, 3.63) is 72.9 Å². The minimum Gasteiger partial charge on any atom is -0.545 e. The molecule has 0 aliphatic heterocycles. The highest BCUT2D eigenvalue weighted by atomic mass is 16.7. The number of rotatable bonds is 71. The summed E-state index contributed by atoms with van der Waals surface area (Å²) in [5.74, 6) is -2.27. The van der Waals surface area contributed by atoms with Crippen LogP contribution in [0.25, 0.3) is 0 Å². The van der Waals surface area contributed by atoms with Gasteiger partial charge in [0, 0.05) is 12.8 Å². The summed E-state index contributed by atoms with van der Waals surface area (Å²) >= 11 is 0. The van der Waals surface area contributed by atoms with Gasteiger partial charge in [0.25, 0.3) is 0 Å². The number of allylic oxidation sites excluding steroid dienone is 12. The van der Waals surface area contributed by atoms with Gasteiger partial charge in [-0.25, -0.2) is 0 Å². The summed E-state index contributed by atoms with van der Waals surface area (Å²) < 4.78 is 22.8. The lowest BCUT2D eigenvalue weighted by Crippen LogP contribution is -2.44. The molecule has 0 heterocycles. The van der Waals surface area contributed by atoms with Crippen LogP contribution in [0.4, 0.5) is 0 Å². The Morgan fingerprint density at radius 2 is 0.640 bits per heavy atom. The number of esters is 2. The molecule has 0 N–H and O–H groups in total. The van der Waals surface area contributed by atoms with Crippen LogP contribution in [-0.2, 0) is 33.3 Å². The smallest absolute Gasteiger partial charge is 0.306 e. The number of quaternary nitrogens is 1. The van der Waals surface area contributed by atoms with Gasteiger partial charge in [0.15, 0.2) is 12.4 Å². The number of aliphatic carboxylic acids is 1. The minimum atomic E-state index is -1.63. The largest absolute Gasteiger partial charge is 0.545 e. The van der Waals surface area contributed by atoms with Crippen LogP contribution in [0.1, 0.15) is 361 Å². The van der Waals surface area contributed by atoms with Gasteiger partial charge in [-0.05, 0) is 64.2 Å². The van der Waals surface area contributed by atoms with Crippen molar-refractivity contribution < 1.29 is 42.9 Å². The maximum Gasteiger partial charge on any atom is 0.306 e. The van der Waals surface area contributed by atoms with Gasteiger partial charge in [0.1, 0.15) is 13.2 Å². The third-order valence-corrected chi connectivity index (χ3v) is 17.0. The van der Waals surface area contributed by atoms with E-state index in [1.807, 2.05) is 21.1 Å². The number of carbonyl (C=O) groups excluding carboxylic acids is 3. The van der Waals surface area contributed by atoms with E-state index in [1.54, 1.807) is 0 Å². The highest BCUT2D eigenvalue weighted by Gasteiger charge is 2.22. The van der Waals surface area contributed by atoms with Gasteiger partial charge in [-0.3, -0.25) is 9.59 Å². The number of unbranched alkanes of at least 4 members (excludes halogenated alkanes) is 44. The van der Waals surface area contributed by atoms with Crippen molar-refractivity contribution in [2.24, 2.45) is 0 Å². The first kappa shape index (κ1) is 85.7. The summed E-state index contributed by atoms with van der Waals surface area (Å²) in [6.45, 7) is 4.68. The first-order chi connectivity index (χ1) is 43.6. The van der Waals surface area contributed by atoms with Crippen LogP contribution >= 0.6 is 0 Å². The van der Waals surface area contributed by atoms with Crippen LogP contribution in [0.5, 0.6) is 0 Å². The van der Waals surface area contributed by atoms with Gasteiger partial charge in [-0.15, -0.1) is 0 Å². The lowest BCUT2D eigenvalue weighted by Gasteiger charge is -2.26. The van der Waals surface area contributed by atoms with E-state index < -0.39 is 24.3 Å². The molecular formula is C80H145NO8. The van der Waals surface area contributed by atoms with Crippen LogP contribution < -0.4 is 5.11 Å². The fourth-order valence-electron chi connectivity index (χ4n) is 11.2. The summed E-state index contributed by atoms with van der Waals surface area (Å²) in [4.78, 5) is 37.6. The Balaban J connectivity index is 4.03. The molecule has 0 aliphatic carbocycles. The summed E-state index contributed by atoms with van der Waals surface area (Å²) in [5, 5.41) is 11.8. The van der Waals surface area contributed by atoms with E-state index in [9.17, 15) is 19.5 Å². The van der Waals surface area contributed by atoms with E-state index in [-0.39, 0.29) is 32.2 Å². The fraction of sp³-hybridized carbons (Fsp3) is 0.812. The zero-order chi connectivity index (χ0) is 64.7. The predicted molar refractivity (Wildman–Crippen MR) is 380 cm³/mol. The molecule has 0 rings (SSSR count). The molecule has 0 aromatic carbocycles. The Bertz CT molecular complexity index is 1690. The Labute approximate surface area is 551 Å². The minimum absolute atomic E-state index is 0.146. The van der Waals surface area contributed by atoms with Crippen LogP contribution in [-0.4, -0.2) is 82.3 Å². The maximum atomic E-state index is 12.9. The molecule has 0 aromatic rings. The maximum absolute atomic E-state index is 12.9. The number of hydrogen-bond acceptors (Lipinski definition) is 8. The van der Waals surface area contributed by atoms with E-state index in [4.69, 9.17) is 18.9 Å². The first-order valence-corrected chi connectivity index (χ1v) is 38.1. The van der Waals surface area contributed by atoms with Crippen LogP contribution in [0.2, 0.25) is 0 Å². The molecule has 0 saturated carbocycles. The van der Waals surface area contributed by atoms with E-state index >= 15 is 0 Å². The molecule has 0 spiro atoms. The van der Waals surface area contributed by atoms with E-state index in [0.717, 1.165) is 83.5 Å². The fourth-order valence-corrected chi connectivity index (χ4v) is 11.2. The molecule has 0 radical (unpaired) electrons. The third-order valence-electron chi connectivity index (χ3n) is 17.0. The molecule has 9 heteroatoms. The van der Waals surface area contributed by atoms with Crippen molar-refractivity contribution in [1.29, 1.82) is 0 Å². The van der Waals surface area contributed by atoms with Gasteiger partial charge in [-0.1, -0.05) is 356 Å². The third kappa shape index (κ3) is 72.0. The van der Waals surface area contributed by atoms with Crippen molar-refractivity contribution in [2.75, 3.05) is 47.5 Å². The molecular weight excluding hydrogens is 1100 g/mol. The monoisotopic (exact) mass is 1250 g/mol. The summed E-state index contributed by atoms with van der Waals surface area (Å²) in [5.41, 5.74) is 0. The van der Waals surface area contributed by atoms with Gasteiger partial charge in [-0.2, -0.15) is 0 Å². The summed E-state index contributed by atoms with van der Waals surface area (Å²) in [6, 6.07) is 0. The van der Waals surface area contributed by atoms with E-state index in [1.165, 1.54) is 244 Å². The predicted octanol–water partition coefficient (Wildman–Crippen LogP) is 22.7. The Morgan fingerprint density at radius 1 is 0.348 bits per heavy atom. The highest BCUT2D eigenvalue weighted by molar-refractivity contribution is 5.70. The van der Waals surface area contributed by atoms with Crippen LogP contribution in [0, 0.1) is 0 Å². The molecule has 0 fully saturated rings. The van der Waals surface area contributed by atoms with Gasteiger partial charge >= 0.3 is 11.9 Å². The van der Waals surface area contributed by atoms with Crippen molar-refractivity contribution in [3.63, 3.8) is 0 Å². The average molecular weight is 1250 g/mol. The van der Waals surface area contributed by atoms with Crippen molar-refractivity contribution in [1.82, 2.24) is 0 Å². The molecule has 0 aromatic heterocycles. The number of ether oxygens (including phenoxy) is 4. The van der Waals surface area contributed by atoms with Crippen molar-refractivity contribution in [2.45, 2.75) is 373 Å². The number of carbonyl (C=O) groups is 3. The normalized spacial score (nSPS) is 13.0.